The van der Waals surface area contributed by atoms with Crippen molar-refractivity contribution in [2.75, 3.05) is 18.8 Å². The molecule has 1 fully saturated rings. The number of carbonyl (C=O) groups is 2. The predicted octanol–water partition coefficient (Wildman–Crippen LogP) is -0.292. The third-order valence-electron chi connectivity index (χ3n) is 2.59. The molecule has 1 aromatic rings. The maximum atomic E-state index is 13.2. The van der Waals surface area contributed by atoms with E-state index in [0.29, 0.717) is 4.31 Å². The van der Waals surface area contributed by atoms with Crippen molar-refractivity contribution in [3.05, 3.63) is 23.0 Å². The number of hydrogen-bond donors (Lipinski definition) is 2. The molecule has 1 heterocycles. The van der Waals surface area contributed by atoms with Crippen LogP contribution in [0.15, 0.2) is 17.0 Å². The molecule has 0 radical (unpaired) electrons. The Hall–Kier alpha value is -1.71. The molecule has 3 N–H and O–H groups in total. The molecule has 2 amide bonds. The Labute approximate surface area is 118 Å². The molecule has 0 bridgehead atoms. The molecule has 0 spiro atoms. The van der Waals surface area contributed by atoms with E-state index in [-0.39, 0.29) is 5.02 Å². The Bertz CT molecular complexity index is 691. The first-order valence-electron chi connectivity index (χ1n) is 5.29. The fourth-order valence-corrected chi connectivity index (χ4v) is 3.54. The molecule has 1 aromatic carbocycles. The molecule has 0 aromatic heterocycles. The minimum Gasteiger partial charge on any atom is -0.396 e. The molecule has 0 saturated carbocycles. The molecular weight excluding hydrogens is 313 g/mol. The second-order valence-corrected chi connectivity index (χ2v) is 6.36. The van der Waals surface area contributed by atoms with Crippen molar-refractivity contribution < 1.29 is 22.4 Å². The van der Waals surface area contributed by atoms with Crippen molar-refractivity contribution >= 4 is 39.1 Å². The van der Waals surface area contributed by atoms with E-state index in [1.165, 1.54) is 0 Å². The Balaban J connectivity index is 2.47. The smallest absolute Gasteiger partial charge is 0.245 e. The molecule has 7 nitrogen and oxygen atoms in total. The number of carbonyl (C=O) groups excluding carboxylic acids is 2. The van der Waals surface area contributed by atoms with Crippen molar-refractivity contribution in [3.8, 4) is 0 Å². The summed E-state index contributed by atoms with van der Waals surface area (Å²) in [6.07, 6.45) is 0. The van der Waals surface area contributed by atoms with E-state index >= 15 is 0 Å². The van der Waals surface area contributed by atoms with E-state index in [0.717, 1.165) is 12.1 Å². The molecule has 1 aliphatic heterocycles. The summed E-state index contributed by atoms with van der Waals surface area (Å²) in [6.45, 7) is -1.05. The van der Waals surface area contributed by atoms with Gasteiger partial charge in [-0.2, -0.15) is 4.31 Å². The number of nitrogens with two attached hydrogens (primary N) is 1. The summed E-state index contributed by atoms with van der Waals surface area (Å²) in [6, 6.07) is 1.61. The Morgan fingerprint density at radius 2 is 1.80 bits per heavy atom. The second kappa shape index (κ2) is 5.00. The maximum absolute atomic E-state index is 13.2. The highest BCUT2D eigenvalue weighted by molar-refractivity contribution is 7.89. The van der Waals surface area contributed by atoms with Crippen molar-refractivity contribution in [1.82, 2.24) is 9.62 Å². The van der Waals surface area contributed by atoms with Gasteiger partial charge in [0.2, 0.25) is 21.8 Å². The van der Waals surface area contributed by atoms with Crippen molar-refractivity contribution in [2.45, 2.75) is 4.90 Å². The second-order valence-electron chi connectivity index (χ2n) is 4.05. The molecule has 20 heavy (non-hydrogen) atoms. The summed E-state index contributed by atoms with van der Waals surface area (Å²) in [5, 5.41) is 1.59. The Morgan fingerprint density at radius 1 is 1.25 bits per heavy atom. The number of imide groups is 1. The van der Waals surface area contributed by atoms with E-state index in [4.69, 9.17) is 17.3 Å². The highest BCUT2D eigenvalue weighted by Gasteiger charge is 2.34. The van der Waals surface area contributed by atoms with E-state index in [1.807, 2.05) is 5.32 Å². The SMILES string of the molecule is Nc1cc(S(=O)(=O)N2CC(=O)NC(=O)C2)c(Cl)cc1F. The van der Waals surface area contributed by atoms with Crippen molar-refractivity contribution in [3.63, 3.8) is 0 Å². The number of nitrogens with zero attached hydrogens (tertiary/aromatic N) is 1. The van der Waals surface area contributed by atoms with Gasteiger partial charge in [0, 0.05) is 0 Å². The van der Waals surface area contributed by atoms with Crippen LogP contribution in [0.3, 0.4) is 0 Å². The fraction of sp³-hybridized carbons (Fsp3) is 0.200. The van der Waals surface area contributed by atoms with Gasteiger partial charge >= 0.3 is 0 Å². The number of anilines is 1. The lowest BCUT2D eigenvalue weighted by molar-refractivity contribution is -0.134. The number of nitrogen functional groups attached to an aromatic ring is 1. The zero-order chi connectivity index (χ0) is 15.1. The van der Waals surface area contributed by atoms with Crippen LogP contribution in [-0.4, -0.2) is 37.6 Å². The average molecular weight is 322 g/mol. The molecule has 0 aliphatic carbocycles. The van der Waals surface area contributed by atoms with E-state index in [9.17, 15) is 22.4 Å². The number of sulfonamides is 1. The number of halogens is 2. The molecule has 0 unspecified atom stereocenters. The van der Waals surface area contributed by atoms with Gasteiger partial charge in [0.1, 0.15) is 10.7 Å². The third kappa shape index (κ3) is 2.60. The topological polar surface area (TPSA) is 110 Å². The minimum atomic E-state index is -4.22. The zero-order valence-corrected chi connectivity index (χ0v) is 11.5. The lowest BCUT2D eigenvalue weighted by Crippen LogP contribution is -2.53. The molecule has 10 heteroatoms. The first kappa shape index (κ1) is 14.7. The number of rotatable bonds is 2. The summed E-state index contributed by atoms with van der Waals surface area (Å²) in [5.74, 6) is -2.37. The maximum Gasteiger partial charge on any atom is 0.245 e. The highest BCUT2D eigenvalue weighted by Crippen LogP contribution is 2.28. The van der Waals surface area contributed by atoms with Crippen LogP contribution in [-0.2, 0) is 19.6 Å². The monoisotopic (exact) mass is 321 g/mol. The van der Waals surface area contributed by atoms with Crippen LogP contribution in [0.5, 0.6) is 0 Å². The molecule has 0 atom stereocenters. The summed E-state index contributed by atoms with van der Waals surface area (Å²) >= 11 is 5.69. The summed E-state index contributed by atoms with van der Waals surface area (Å²) < 4.78 is 38.4. The summed E-state index contributed by atoms with van der Waals surface area (Å²) in [5.41, 5.74) is 4.91. The van der Waals surface area contributed by atoms with Gasteiger partial charge in [-0.15, -0.1) is 0 Å². The van der Waals surface area contributed by atoms with Gasteiger partial charge in [0.25, 0.3) is 0 Å². The highest BCUT2D eigenvalue weighted by atomic mass is 35.5. The van der Waals surface area contributed by atoms with E-state index in [1.54, 1.807) is 0 Å². The van der Waals surface area contributed by atoms with Gasteiger partial charge in [0.05, 0.1) is 23.8 Å². The van der Waals surface area contributed by atoms with Gasteiger partial charge in [-0.05, 0) is 12.1 Å². The Kier molecular flexibility index (Phi) is 3.67. The first-order valence-corrected chi connectivity index (χ1v) is 7.11. The quantitative estimate of drug-likeness (QED) is 0.574. The van der Waals surface area contributed by atoms with Crippen LogP contribution in [0.2, 0.25) is 5.02 Å². The normalized spacial score (nSPS) is 17.1. The Morgan fingerprint density at radius 3 is 2.35 bits per heavy atom. The molecule has 1 saturated heterocycles. The standard InChI is InChI=1S/C10H9ClFN3O4S/c11-5-1-6(12)7(13)2-8(5)20(18,19)15-3-9(16)14-10(17)4-15/h1-2H,3-4,13H2,(H,14,16,17). The van der Waals surface area contributed by atoms with Crippen LogP contribution in [0.4, 0.5) is 10.1 Å². The number of piperazine rings is 1. The lowest BCUT2D eigenvalue weighted by atomic mass is 10.3. The van der Waals surface area contributed by atoms with Gasteiger partial charge in [-0.25, -0.2) is 12.8 Å². The van der Waals surface area contributed by atoms with Crippen LogP contribution in [0.1, 0.15) is 0 Å². The number of amides is 2. The lowest BCUT2D eigenvalue weighted by Gasteiger charge is -2.25. The molecular formula is C10H9ClFN3O4S. The van der Waals surface area contributed by atoms with Gasteiger partial charge < -0.3 is 5.73 Å². The average Bonchev–Trinajstić information content (AvgIpc) is 2.32. The fourth-order valence-electron chi connectivity index (χ4n) is 1.66. The summed E-state index contributed by atoms with van der Waals surface area (Å²) in [7, 11) is -4.22. The predicted molar refractivity (Wildman–Crippen MR) is 67.7 cm³/mol. The largest absolute Gasteiger partial charge is 0.396 e. The van der Waals surface area contributed by atoms with Gasteiger partial charge in [-0.3, -0.25) is 14.9 Å². The summed E-state index contributed by atoms with van der Waals surface area (Å²) in [4.78, 5) is 22.0. The van der Waals surface area contributed by atoms with Crippen LogP contribution in [0, 0.1) is 5.82 Å². The number of benzene rings is 1. The van der Waals surface area contributed by atoms with Gasteiger partial charge in [-0.1, -0.05) is 11.6 Å². The van der Waals surface area contributed by atoms with Crippen molar-refractivity contribution in [1.29, 1.82) is 0 Å². The van der Waals surface area contributed by atoms with E-state index in [2.05, 4.69) is 0 Å². The van der Waals surface area contributed by atoms with Crippen molar-refractivity contribution in [2.24, 2.45) is 0 Å². The van der Waals surface area contributed by atoms with Gasteiger partial charge in [0.15, 0.2) is 0 Å². The number of hydrogen-bond acceptors (Lipinski definition) is 5. The third-order valence-corrected chi connectivity index (χ3v) is 4.84. The first-order chi connectivity index (χ1) is 9.21. The zero-order valence-electron chi connectivity index (χ0n) is 9.89. The van der Waals surface area contributed by atoms with Crippen LogP contribution < -0.4 is 11.1 Å². The number of nitrogens with one attached hydrogen (secondary N) is 1. The van der Waals surface area contributed by atoms with E-state index < -0.39 is 51.3 Å². The van der Waals surface area contributed by atoms with Crippen LogP contribution >= 0.6 is 11.6 Å². The van der Waals surface area contributed by atoms with Crippen LogP contribution in [0.25, 0.3) is 0 Å². The minimum absolute atomic E-state index is 0.380. The molecule has 2 rings (SSSR count). The molecule has 1 aliphatic rings. The molecule has 108 valence electrons.